The number of aryl methyl sites for hydroxylation is 1. The number of hydrogen-bond donors (Lipinski definition) is 0. The Labute approximate surface area is 135 Å². The molecule has 1 aromatic heterocycles. The second-order valence-corrected chi connectivity index (χ2v) is 4.98. The van der Waals surface area contributed by atoms with Crippen LogP contribution >= 0.6 is 0 Å². The van der Waals surface area contributed by atoms with Gasteiger partial charge < -0.3 is 9.26 Å². The molecular formula is C16H12FN3O4. The van der Waals surface area contributed by atoms with Gasteiger partial charge in [0.2, 0.25) is 11.6 Å². The van der Waals surface area contributed by atoms with Gasteiger partial charge in [0.25, 0.3) is 5.89 Å². The van der Waals surface area contributed by atoms with E-state index in [4.69, 9.17) is 9.26 Å². The van der Waals surface area contributed by atoms with E-state index in [1.807, 2.05) is 31.2 Å². The highest BCUT2D eigenvalue weighted by atomic mass is 19.1. The number of nitro groups is 1. The molecule has 122 valence electrons. The largest absolute Gasteiger partial charge is 0.477 e. The van der Waals surface area contributed by atoms with Gasteiger partial charge in [-0.3, -0.25) is 10.1 Å². The van der Waals surface area contributed by atoms with Crippen LogP contribution in [0.3, 0.4) is 0 Å². The number of rotatable bonds is 5. The second-order valence-electron chi connectivity index (χ2n) is 4.98. The van der Waals surface area contributed by atoms with Crippen molar-refractivity contribution < 1.29 is 18.6 Å². The zero-order valence-electron chi connectivity index (χ0n) is 12.6. The fourth-order valence-corrected chi connectivity index (χ4v) is 2.14. The van der Waals surface area contributed by atoms with Crippen LogP contribution in [0.25, 0.3) is 11.4 Å². The summed E-state index contributed by atoms with van der Waals surface area (Å²) in [4.78, 5) is 14.5. The molecule has 0 unspecified atom stereocenters. The van der Waals surface area contributed by atoms with Gasteiger partial charge in [-0.1, -0.05) is 29.4 Å². The maximum atomic E-state index is 13.3. The van der Waals surface area contributed by atoms with Crippen molar-refractivity contribution in [2.75, 3.05) is 0 Å². The predicted octanol–water partition coefficient (Wildman–Crippen LogP) is 3.67. The quantitative estimate of drug-likeness (QED) is 0.524. The molecule has 0 atom stereocenters. The average Bonchev–Trinajstić information content (AvgIpc) is 3.02. The maximum Gasteiger partial charge on any atom is 0.311 e. The van der Waals surface area contributed by atoms with Gasteiger partial charge >= 0.3 is 5.69 Å². The highest BCUT2D eigenvalue weighted by Gasteiger charge is 2.17. The fourth-order valence-electron chi connectivity index (χ4n) is 2.14. The van der Waals surface area contributed by atoms with Crippen molar-refractivity contribution in [3.8, 4) is 17.1 Å². The molecule has 24 heavy (non-hydrogen) atoms. The fraction of sp³-hybridized carbons (Fsp3) is 0.125. The summed E-state index contributed by atoms with van der Waals surface area (Å²) < 4.78 is 23.6. The smallest absolute Gasteiger partial charge is 0.311 e. The van der Waals surface area contributed by atoms with E-state index in [0.717, 1.165) is 29.3 Å². The van der Waals surface area contributed by atoms with Crippen LogP contribution < -0.4 is 4.74 Å². The van der Waals surface area contributed by atoms with Gasteiger partial charge in [-0.25, -0.2) is 4.39 Å². The lowest BCUT2D eigenvalue weighted by atomic mass is 10.1. The van der Waals surface area contributed by atoms with E-state index in [-0.39, 0.29) is 23.9 Å². The first kappa shape index (κ1) is 15.6. The highest BCUT2D eigenvalue weighted by molar-refractivity contribution is 5.58. The van der Waals surface area contributed by atoms with E-state index < -0.39 is 10.7 Å². The summed E-state index contributed by atoms with van der Waals surface area (Å²) in [5.74, 6) is -0.315. The van der Waals surface area contributed by atoms with Gasteiger partial charge in [-0.05, 0) is 18.6 Å². The van der Waals surface area contributed by atoms with Crippen molar-refractivity contribution in [1.82, 2.24) is 10.1 Å². The molecule has 0 N–H and O–H groups in total. The van der Waals surface area contributed by atoms with Gasteiger partial charge in [-0.15, -0.1) is 0 Å². The summed E-state index contributed by atoms with van der Waals surface area (Å²) in [6.45, 7) is 1.71. The van der Waals surface area contributed by atoms with Crippen molar-refractivity contribution in [3.63, 3.8) is 0 Å². The summed E-state index contributed by atoms with van der Waals surface area (Å²) in [6.07, 6.45) is 0. The first-order valence-electron chi connectivity index (χ1n) is 7.00. The third-order valence-corrected chi connectivity index (χ3v) is 3.32. The Bertz CT molecular complexity index is 895. The van der Waals surface area contributed by atoms with Crippen LogP contribution in [0.1, 0.15) is 11.5 Å². The second kappa shape index (κ2) is 6.45. The number of ether oxygens (including phenoxy) is 1. The number of benzene rings is 2. The van der Waals surface area contributed by atoms with Crippen LogP contribution in [0, 0.1) is 22.9 Å². The summed E-state index contributed by atoms with van der Waals surface area (Å²) in [5, 5.41) is 14.8. The Morgan fingerprint density at radius 2 is 2.08 bits per heavy atom. The van der Waals surface area contributed by atoms with Crippen LogP contribution in [0.15, 0.2) is 47.0 Å². The number of aromatic nitrogens is 2. The van der Waals surface area contributed by atoms with Crippen molar-refractivity contribution in [1.29, 1.82) is 0 Å². The van der Waals surface area contributed by atoms with Crippen LogP contribution in [0.2, 0.25) is 0 Å². The third-order valence-electron chi connectivity index (χ3n) is 3.32. The summed E-state index contributed by atoms with van der Waals surface area (Å²) in [5.41, 5.74) is 1.45. The van der Waals surface area contributed by atoms with Crippen molar-refractivity contribution >= 4 is 5.69 Å². The molecule has 1 heterocycles. The number of halogens is 1. The minimum absolute atomic E-state index is 0.131. The Morgan fingerprint density at radius 3 is 2.83 bits per heavy atom. The molecule has 2 aromatic carbocycles. The van der Waals surface area contributed by atoms with E-state index in [2.05, 4.69) is 10.1 Å². The number of hydrogen-bond acceptors (Lipinski definition) is 6. The van der Waals surface area contributed by atoms with E-state index in [1.165, 1.54) is 0 Å². The summed E-state index contributed by atoms with van der Waals surface area (Å²) in [6, 6.07) is 10.5. The highest BCUT2D eigenvalue weighted by Crippen LogP contribution is 2.28. The minimum atomic E-state index is -0.651. The van der Waals surface area contributed by atoms with Crippen LogP contribution in [-0.2, 0) is 6.61 Å². The third kappa shape index (κ3) is 3.22. The van der Waals surface area contributed by atoms with E-state index in [1.54, 1.807) is 0 Å². The predicted molar refractivity (Wildman–Crippen MR) is 81.9 cm³/mol. The van der Waals surface area contributed by atoms with Crippen molar-refractivity contribution in [2.24, 2.45) is 0 Å². The van der Waals surface area contributed by atoms with Crippen LogP contribution in [0.4, 0.5) is 10.1 Å². The molecule has 3 rings (SSSR count). The standard InChI is InChI=1S/C16H12FN3O4/c1-10-4-2-3-5-12(10)16-18-15(24-19-16)9-23-14-8-11(17)6-7-13(14)20(21)22/h2-8H,9H2,1H3. The lowest BCUT2D eigenvalue weighted by Gasteiger charge is -2.04. The molecular weight excluding hydrogens is 317 g/mol. The maximum absolute atomic E-state index is 13.3. The van der Waals surface area contributed by atoms with Crippen LogP contribution in [0.5, 0.6) is 5.75 Å². The Hall–Kier alpha value is -3.29. The molecule has 0 aliphatic heterocycles. The molecule has 0 amide bonds. The molecule has 0 radical (unpaired) electrons. The molecule has 7 nitrogen and oxygen atoms in total. The Balaban J connectivity index is 1.78. The van der Waals surface area contributed by atoms with Gasteiger partial charge in [0.15, 0.2) is 6.61 Å². The summed E-state index contributed by atoms with van der Waals surface area (Å²) >= 11 is 0. The first-order valence-corrected chi connectivity index (χ1v) is 7.00. The average molecular weight is 329 g/mol. The van der Waals surface area contributed by atoms with Gasteiger partial charge in [0.05, 0.1) is 4.92 Å². The zero-order chi connectivity index (χ0) is 17.1. The Morgan fingerprint density at radius 1 is 1.29 bits per heavy atom. The van der Waals surface area contributed by atoms with Crippen LogP contribution in [-0.4, -0.2) is 15.1 Å². The molecule has 0 aliphatic carbocycles. The molecule has 0 saturated carbocycles. The van der Waals surface area contributed by atoms with E-state index in [0.29, 0.717) is 5.82 Å². The molecule has 0 saturated heterocycles. The summed E-state index contributed by atoms with van der Waals surface area (Å²) in [7, 11) is 0. The monoisotopic (exact) mass is 329 g/mol. The molecule has 0 aliphatic rings. The molecule has 8 heteroatoms. The zero-order valence-corrected chi connectivity index (χ0v) is 12.6. The Kier molecular flexibility index (Phi) is 4.19. The van der Waals surface area contributed by atoms with E-state index >= 15 is 0 Å². The van der Waals surface area contributed by atoms with Crippen molar-refractivity contribution in [3.05, 3.63) is 69.9 Å². The van der Waals surface area contributed by atoms with Gasteiger partial charge in [-0.2, -0.15) is 4.98 Å². The molecule has 0 bridgehead atoms. The minimum Gasteiger partial charge on any atom is -0.477 e. The topological polar surface area (TPSA) is 91.3 Å². The van der Waals surface area contributed by atoms with E-state index in [9.17, 15) is 14.5 Å². The van der Waals surface area contributed by atoms with Gasteiger partial charge in [0.1, 0.15) is 5.82 Å². The number of nitro benzene ring substituents is 1. The van der Waals surface area contributed by atoms with Gasteiger partial charge in [0, 0.05) is 17.7 Å². The molecule has 0 spiro atoms. The lowest BCUT2D eigenvalue weighted by molar-refractivity contribution is -0.386. The SMILES string of the molecule is Cc1ccccc1-c1noc(COc2cc(F)ccc2[N+](=O)[O-])n1. The molecule has 3 aromatic rings. The first-order chi connectivity index (χ1) is 11.5. The lowest BCUT2D eigenvalue weighted by Crippen LogP contribution is -2.00. The van der Waals surface area contributed by atoms with Crippen molar-refractivity contribution in [2.45, 2.75) is 13.5 Å². The number of nitrogens with zero attached hydrogens (tertiary/aromatic N) is 3. The normalized spacial score (nSPS) is 10.6. The molecule has 0 fully saturated rings.